The van der Waals surface area contributed by atoms with Gasteiger partial charge in [0.25, 0.3) is 5.91 Å². The van der Waals surface area contributed by atoms with Crippen molar-refractivity contribution in [1.82, 2.24) is 16.0 Å². The maximum atomic E-state index is 15.9. The first-order valence-electron chi connectivity index (χ1n) is 18.2. The van der Waals surface area contributed by atoms with E-state index in [2.05, 4.69) is 16.0 Å². The van der Waals surface area contributed by atoms with Gasteiger partial charge in [-0.05, 0) is 46.2 Å². The lowest BCUT2D eigenvalue weighted by Crippen LogP contribution is -2.60. The van der Waals surface area contributed by atoms with Gasteiger partial charge in [0.2, 0.25) is 11.7 Å². The predicted molar refractivity (Wildman–Crippen MR) is 204 cm³/mol. The van der Waals surface area contributed by atoms with Crippen LogP contribution in [0.1, 0.15) is 49.9 Å². The van der Waals surface area contributed by atoms with Gasteiger partial charge in [-0.25, -0.2) is 4.79 Å². The van der Waals surface area contributed by atoms with Crippen LogP contribution in [-0.2, 0) is 50.1 Å². The molecule has 12 heteroatoms. The average Bonchev–Trinajstić information content (AvgIpc) is 3.18. The molecule has 3 amide bonds. The molecule has 1 unspecified atom stereocenters. The maximum Gasteiger partial charge on any atom is 0.408 e. The van der Waals surface area contributed by atoms with Crippen molar-refractivity contribution >= 4 is 23.7 Å². The highest BCUT2D eigenvalue weighted by atomic mass is 19.3. The number of Topliss-reactive ketones (excluding diaryl/α,β-unsaturated/α-hetero) is 1. The van der Waals surface area contributed by atoms with E-state index in [0.29, 0.717) is 23.5 Å². The molecule has 0 saturated carbocycles. The maximum absolute atomic E-state index is 15.9. The molecule has 4 aromatic carbocycles. The third-order valence-electron chi connectivity index (χ3n) is 8.80. The van der Waals surface area contributed by atoms with Crippen LogP contribution in [0.3, 0.4) is 0 Å². The van der Waals surface area contributed by atoms with Gasteiger partial charge in [0.1, 0.15) is 25.0 Å². The van der Waals surface area contributed by atoms with Gasteiger partial charge in [0, 0.05) is 6.42 Å². The van der Waals surface area contributed by atoms with Crippen molar-refractivity contribution in [2.24, 2.45) is 11.8 Å². The van der Waals surface area contributed by atoms with Crippen LogP contribution in [0.5, 0.6) is 5.75 Å². The molecule has 0 aliphatic rings. The Morgan fingerprint density at radius 3 is 1.67 bits per heavy atom. The standard InChI is InChI=1S/C43H49F2N3O7/c1-29(2)37(28-53-25-32-14-8-5-9-15-32)47-41(51)43(44,45)39(49)36(24-31-20-22-35(23-21-31)54-26-33-16-10-6-11-17-33)46-40(50)38(30(3)4)48-42(52)55-27-34-18-12-7-13-19-34/h5-23,29-30,36-38H,24-28H2,1-4H3,(H,46,50)(H,47,51)(H,48,52)/t36?,37-,38+/m0/s1. The fourth-order valence-electron chi connectivity index (χ4n) is 5.46. The van der Waals surface area contributed by atoms with Gasteiger partial charge in [0.15, 0.2) is 0 Å². The van der Waals surface area contributed by atoms with Crippen LogP contribution in [0.4, 0.5) is 13.6 Å². The zero-order valence-electron chi connectivity index (χ0n) is 31.5. The van der Waals surface area contributed by atoms with E-state index in [0.717, 1.165) is 11.1 Å². The Hall–Kier alpha value is -5.62. The molecule has 3 N–H and O–H groups in total. The number of ketones is 1. The highest BCUT2D eigenvalue weighted by molar-refractivity contribution is 6.10. The van der Waals surface area contributed by atoms with Gasteiger partial charge in [0.05, 0.1) is 25.3 Å². The van der Waals surface area contributed by atoms with Crippen molar-refractivity contribution < 1.29 is 42.2 Å². The van der Waals surface area contributed by atoms with Gasteiger partial charge in [-0.3, -0.25) is 14.4 Å². The Balaban J connectivity index is 1.49. The number of amides is 3. The minimum Gasteiger partial charge on any atom is -0.489 e. The van der Waals surface area contributed by atoms with E-state index in [9.17, 15) is 19.2 Å². The Bertz CT molecular complexity index is 1810. The first-order valence-corrected chi connectivity index (χ1v) is 18.2. The molecule has 55 heavy (non-hydrogen) atoms. The van der Waals surface area contributed by atoms with Crippen molar-refractivity contribution in [2.75, 3.05) is 6.61 Å². The van der Waals surface area contributed by atoms with Gasteiger partial charge >= 0.3 is 12.0 Å². The molecule has 0 radical (unpaired) electrons. The molecular formula is C43H49F2N3O7. The van der Waals surface area contributed by atoms with E-state index in [4.69, 9.17) is 14.2 Å². The minimum absolute atomic E-state index is 0.0682. The van der Waals surface area contributed by atoms with E-state index in [1.54, 1.807) is 76.2 Å². The molecule has 0 aliphatic carbocycles. The van der Waals surface area contributed by atoms with Gasteiger partial charge < -0.3 is 30.2 Å². The van der Waals surface area contributed by atoms with Crippen LogP contribution < -0.4 is 20.7 Å². The summed E-state index contributed by atoms with van der Waals surface area (Å²) in [7, 11) is 0. The number of alkyl halides is 2. The van der Waals surface area contributed by atoms with E-state index in [1.165, 1.54) is 0 Å². The van der Waals surface area contributed by atoms with Crippen molar-refractivity contribution in [2.45, 2.75) is 78.0 Å². The largest absolute Gasteiger partial charge is 0.489 e. The molecule has 0 bridgehead atoms. The SMILES string of the molecule is CC(C)[C@H](COCc1ccccc1)NC(=O)C(F)(F)C(=O)C(Cc1ccc(OCc2ccccc2)cc1)NC(=O)[C@H](NC(=O)OCc1ccccc1)C(C)C. The third kappa shape index (κ3) is 13.3. The second-order valence-corrected chi connectivity index (χ2v) is 13.9. The number of hydrogen-bond donors (Lipinski definition) is 3. The van der Waals surface area contributed by atoms with Crippen LogP contribution in [0.2, 0.25) is 0 Å². The lowest BCUT2D eigenvalue weighted by atomic mass is 9.96. The zero-order chi connectivity index (χ0) is 39.8. The first kappa shape index (κ1) is 42.1. The van der Waals surface area contributed by atoms with Gasteiger partial charge in [-0.2, -0.15) is 8.78 Å². The molecule has 292 valence electrons. The van der Waals surface area contributed by atoms with E-state index >= 15 is 8.78 Å². The van der Waals surface area contributed by atoms with Crippen molar-refractivity contribution in [3.05, 3.63) is 138 Å². The second kappa shape index (κ2) is 20.7. The molecule has 0 aromatic heterocycles. The number of rotatable bonds is 20. The molecule has 0 fully saturated rings. The highest BCUT2D eigenvalue weighted by Crippen LogP contribution is 2.23. The smallest absolute Gasteiger partial charge is 0.408 e. The van der Waals surface area contributed by atoms with Crippen molar-refractivity contribution in [1.29, 1.82) is 0 Å². The van der Waals surface area contributed by atoms with Crippen LogP contribution in [0.25, 0.3) is 0 Å². The molecule has 0 heterocycles. The zero-order valence-corrected chi connectivity index (χ0v) is 31.5. The summed E-state index contributed by atoms with van der Waals surface area (Å²) in [4.78, 5) is 53.2. The number of nitrogens with one attached hydrogen (secondary N) is 3. The number of alkyl carbamates (subject to hydrolysis) is 1. The number of halogens is 2. The number of hydrogen-bond acceptors (Lipinski definition) is 7. The number of carbonyl (C=O) groups excluding carboxylic acids is 4. The fourth-order valence-corrected chi connectivity index (χ4v) is 5.46. The summed E-state index contributed by atoms with van der Waals surface area (Å²) in [5.41, 5.74) is 2.94. The van der Waals surface area contributed by atoms with Crippen LogP contribution in [-0.4, -0.2) is 54.3 Å². The molecule has 4 rings (SSSR count). The van der Waals surface area contributed by atoms with Crippen molar-refractivity contribution in [3.63, 3.8) is 0 Å². The van der Waals surface area contributed by atoms with Gasteiger partial charge in [-0.1, -0.05) is 131 Å². The highest BCUT2D eigenvalue weighted by Gasteiger charge is 2.51. The minimum atomic E-state index is -4.54. The second-order valence-electron chi connectivity index (χ2n) is 13.9. The van der Waals surface area contributed by atoms with Crippen LogP contribution in [0.15, 0.2) is 115 Å². The Morgan fingerprint density at radius 2 is 1.15 bits per heavy atom. The summed E-state index contributed by atoms with van der Waals surface area (Å²) in [6.07, 6.45) is -1.30. The monoisotopic (exact) mass is 757 g/mol. The normalized spacial score (nSPS) is 13.0. The summed E-state index contributed by atoms with van der Waals surface area (Å²) in [5.74, 6) is -9.43. The summed E-state index contributed by atoms with van der Waals surface area (Å²) in [6, 6.07) is 30.1. The number of ether oxygens (including phenoxy) is 3. The van der Waals surface area contributed by atoms with Crippen LogP contribution in [0, 0.1) is 11.8 Å². The summed E-state index contributed by atoms with van der Waals surface area (Å²) < 4.78 is 48.7. The number of benzene rings is 4. The van der Waals surface area contributed by atoms with Crippen LogP contribution >= 0.6 is 0 Å². The lowest BCUT2D eigenvalue weighted by molar-refractivity contribution is -0.161. The molecule has 4 aromatic rings. The quantitative estimate of drug-likeness (QED) is 0.0845. The lowest BCUT2D eigenvalue weighted by Gasteiger charge is -2.28. The molecule has 0 saturated heterocycles. The topological polar surface area (TPSA) is 132 Å². The number of carbonyl (C=O) groups is 4. The van der Waals surface area contributed by atoms with Crippen molar-refractivity contribution in [3.8, 4) is 5.75 Å². The average molecular weight is 758 g/mol. The Kier molecular flexibility index (Phi) is 15.9. The van der Waals surface area contributed by atoms with Gasteiger partial charge in [-0.15, -0.1) is 0 Å². The van der Waals surface area contributed by atoms with E-state index in [-0.39, 0.29) is 32.2 Å². The molecule has 3 atom stereocenters. The van der Waals surface area contributed by atoms with E-state index in [1.807, 2.05) is 66.7 Å². The first-order chi connectivity index (χ1) is 26.3. The summed E-state index contributed by atoms with van der Waals surface area (Å²) >= 11 is 0. The third-order valence-corrected chi connectivity index (χ3v) is 8.80. The molecule has 0 spiro atoms. The van der Waals surface area contributed by atoms with E-state index < -0.39 is 53.7 Å². The summed E-state index contributed by atoms with van der Waals surface area (Å²) in [6.45, 7) is 7.09. The fraction of sp³-hybridized carbons (Fsp3) is 0.349. The molecule has 0 aliphatic heterocycles. The molecule has 10 nitrogen and oxygen atoms in total. The predicted octanol–water partition coefficient (Wildman–Crippen LogP) is 6.81. The summed E-state index contributed by atoms with van der Waals surface area (Å²) in [5, 5.41) is 7.17. The Morgan fingerprint density at radius 1 is 0.618 bits per heavy atom. The Labute approximate surface area is 321 Å². The molecular weight excluding hydrogens is 708 g/mol.